The Morgan fingerprint density at radius 3 is 2.32 bits per heavy atom. The number of hydrogen-bond donors (Lipinski definition) is 1. The van der Waals surface area contributed by atoms with E-state index >= 15 is 0 Å². The van der Waals surface area contributed by atoms with Gasteiger partial charge in [0.1, 0.15) is 17.2 Å². The second-order valence-corrected chi connectivity index (χ2v) is 4.40. The molecule has 1 N–H and O–H groups in total. The number of halogens is 2. The molecule has 98 valence electrons. The molecule has 7 heteroatoms. The van der Waals surface area contributed by atoms with E-state index in [-0.39, 0.29) is 27.2 Å². The van der Waals surface area contributed by atoms with Gasteiger partial charge in [-0.3, -0.25) is 10.1 Å². The first-order valence-electron chi connectivity index (χ1n) is 5.07. The van der Waals surface area contributed by atoms with Gasteiger partial charge in [0.25, 0.3) is 5.69 Å². The highest BCUT2D eigenvalue weighted by Crippen LogP contribution is 2.37. The molecule has 5 nitrogen and oxygen atoms in total. The van der Waals surface area contributed by atoms with E-state index < -0.39 is 4.92 Å². The molecule has 0 aromatic heterocycles. The lowest BCUT2D eigenvalue weighted by Crippen LogP contribution is -1.89. The second kappa shape index (κ2) is 5.34. The van der Waals surface area contributed by atoms with Crippen molar-refractivity contribution in [1.82, 2.24) is 0 Å². The molecule has 0 aliphatic heterocycles. The van der Waals surface area contributed by atoms with Gasteiger partial charge in [-0.15, -0.1) is 0 Å². The molecule has 0 spiro atoms. The van der Waals surface area contributed by atoms with Crippen molar-refractivity contribution in [3.05, 3.63) is 56.6 Å². The van der Waals surface area contributed by atoms with Gasteiger partial charge in [-0.1, -0.05) is 23.2 Å². The third-order valence-electron chi connectivity index (χ3n) is 2.28. The Bertz CT molecular complexity index is 628. The van der Waals surface area contributed by atoms with E-state index in [1.807, 2.05) is 0 Å². The predicted octanol–water partition coefficient (Wildman–Crippen LogP) is 4.40. The van der Waals surface area contributed by atoms with Crippen LogP contribution in [0.4, 0.5) is 5.69 Å². The molecule has 2 aromatic carbocycles. The molecule has 0 radical (unpaired) electrons. The van der Waals surface area contributed by atoms with Gasteiger partial charge >= 0.3 is 0 Å². The highest BCUT2D eigenvalue weighted by molar-refractivity contribution is 6.36. The van der Waals surface area contributed by atoms with Crippen LogP contribution >= 0.6 is 23.2 Å². The van der Waals surface area contributed by atoms with E-state index in [4.69, 9.17) is 27.9 Å². The summed E-state index contributed by atoms with van der Waals surface area (Å²) in [7, 11) is 0. The zero-order valence-electron chi connectivity index (χ0n) is 9.34. The van der Waals surface area contributed by atoms with E-state index in [0.29, 0.717) is 5.75 Å². The number of aromatic hydroxyl groups is 1. The SMILES string of the molecule is O=[N+]([O-])c1ccc(Oc2cc(O)c(Cl)cc2Cl)cc1. The minimum atomic E-state index is -0.509. The van der Waals surface area contributed by atoms with Crippen molar-refractivity contribution >= 4 is 28.9 Å². The number of hydrogen-bond acceptors (Lipinski definition) is 4. The van der Waals surface area contributed by atoms with Crippen molar-refractivity contribution in [2.45, 2.75) is 0 Å². The van der Waals surface area contributed by atoms with Gasteiger partial charge in [-0.2, -0.15) is 0 Å². The summed E-state index contributed by atoms with van der Waals surface area (Å²) in [5, 5.41) is 20.3. The molecule has 2 rings (SSSR count). The Hall–Kier alpha value is -1.98. The fraction of sp³-hybridized carbons (Fsp3) is 0. The van der Waals surface area contributed by atoms with E-state index in [1.165, 1.54) is 36.4 Å². The van der Waals surface area contributed by atoms with Gasteiger partial charge in [0, 0.05) is 18.2 Å². The lowest BCUT2D eigenvalue weighted by atomic mass is 10.3. The zero-order valence-corrected chi connectivity index (χ0v) is 10.9. The lowest BCUT2D eigenvalue weighted by molar-refractivity contribution is -0.384. The Morgan fingerprint density at radius 2 is 1.74 bits per heavy atom. The van der Waals surface area contributed by atoms with Crippen LogP contribution in [0.2, 0.25) is 10.0 Å². The monoisotopic (exact) mass is 299 g/mol. The van der Waals surface area contributed by atoms with Crippen molar-refractivity contribution in [2.24, 2.45) is 0 Å². The van der Waals surface area contributed by atoms with Gasteiger partial charge in [-0.25, -0.2) is 0 Å². The summed E-state index contributed by atoms with van der Waals surface area (Å²) in [4.78, 5) is 9.99. The van der Waals surface area contributed by atoms with Crippen molar-refractivity contribution in [1.29, 1.82) is 0 Å². The molecule has 0 saturated carbocycles. The molecule has 0 amide bonds. The summed E-state index contributed by atoms with van der Waals surface area (Å²) in [6, 6.07) is 8.09. The number of nitro benzene ring substituents is 1. The molecule has 0 aliphatic rings. The number of nitrogens with zero attached hydrogens (tertiary/aromatic N) is 1. The van der Waals surface area contributed by atoms with Crippen LogP contribution in [0.15, 0.2) is 36.4 Å². The molecule has 0 aliphatic carbocycles. The van der Waals surface area contributed by atoms with Gasteiger partial charge in [0.05, 0.1) is 15.0 Å². The number of benzene rings is 2. The van der Waals surface area contributed by atoms with Crippen molar-refractivity contribution in [3.8, 4) is 17.2 Å². The number of nitro groups is 1. The summed E-state index contributed by atoms with van der Waals surface area (Å²) in [5.41, 5.74) is -0.0441. The van der Waals surface area contributed by atoms with Gasteiger partial charge in [0.15, 0.2) is 0 Å². The molecular formula is C12H7Cl2NO4. The third kappa shape index (κ3) is 3.07. The quantitative estimate of drug-likeness (QED) is 0.673. The number of rotatable bonds is 3. The highest BCUT2D eigenvalue weighted by atomic mass is 35.5. The smallest absolute Gasteiger partial charge is 0.269 e. The first kappa shape index (κ1) is 13.5. The number of non-ortho nitro benzene ring substituents is 1. The molecule has 0 fully saturated rings. The van der Waals surface area contributed by atoms with Crippen LogP contribution in [0.5, 0.6) is 17.2 Å². The fourth-order valence-corrected chi connectivity index (χ4v) is 1.78. The Morgan fingerprint density at radius 1 is 1.11 bits per heavy atom. The summed E-state index contributed by atoms with van der Waals surface area (Å²) < 4.78 is 5.41. The summed E-state index contributed by atoms with van der Waals surface area (Å²) in [5.74, 6) is 0.398. The van der Waals surface area contributed by atoms with Crippen LogP contribution in [-0.2, 0) is 0 Å². The van der Waals surface area contributed by atoms with Gasteiger partial charge < -0.3 is 9.84 Å². The average molecular weight is 300 g/mol. The molecule has 0 heterocycles. The molecule has 0 saturated heterocycles. The molecule has 2 aromatic rings. The fourth-order valence-electron chi connectivity index (χ4n) is 1.36. The first-order chi connectivity index (χ1) is 8.97. The minimum Gasteiger partial charge on any atom is -0.506 e. The van der Waals surface area contributed by atoms with Crippen LogP contribution in [-0.4, -0.2) is 10.0 Å². The highest BCUT2D eigenvalue weighted by Gasteiger charge is 2.10. The predicted molar refractivity (Wildman–Crippen MR) is 71.3 cm³/mol. The second-order valence-electron chi connectivity index (χ2n) is 3.59. The van der Waals surface area contributed by atoms with Crippen molar-refractivity contribution in [3.63, 3.8) is 0 Å². The van der Waals surface area contributed by atoms with E-state index in [9.17, 15) is 15.2 Å². The standard InChI is InChI=1S/C12H7Cl2NO4/c13-9-5-10(14)12(6-11(9)16)19-8-3-1-7(2-4-8)15(17)18/h1-6,16H. The maximum atomic E-state index is 10.5. The average Bonchev–Trinajstić information content (AvgIpc) is 2.36. The van der Waals surface area contributed by atoms with Crippen LogP contribution in [0.25, 0.3) is 0 Å². The third-order valence-corrected chi connectivity index (χ3v) is 2.87. The van der Waals surface area contributed by atoms with Crippen LogP contribution in [0.1, 0.15) is 0 Å². The topological polar surface area (TPSA) is 72.6 Å². The Kier molecular flexibility index (Phi) is 3.78. The number of phenolic OH excluding ortho intramolecular Hbond substituents is 1. The van der Waals surface area contributed by atoms with E-state index in [0.717, 1.165) is 0 Å². The number of phenols is 1. The molecule has 0 unspecified atom stereocenters. The van der Waals surface area contributed by atoms with E-state index in [2.05, 4.69) is 0 Å². The normalized spacial score (nSPS) is 10.2. The first-order valence-corrected chi connectivity index (χ1v) is 5.83. The largest absolute Gasteiger partial charge is 0.506 e. The Labute approximate surface area is 118 Å². The molecule has 0 atom stereocenters. The maximum absolute atomic E-state index is 10.5. The molecule has 0 bridgehead atoms. The van der Waals surface area contributed by atoms with Crippen LogP contribution in [0.3, 0.4) is 0 Å². The summed E-state index contributed by atoms with van der Waals surface area (Å²) in [6.07, 6.45) is 0. The van der Waals surface area contributed by atoms with Crippen molar-refractivity contribution in [2.75, 3.05) is 0 Å². The number of ether oxygens (including phenoxy) is 1. The zero-order chi connectivity index (χ0) is 14.0. The van der Waals surface area contributed by atoms with Gasteiger partial charge in [0.2, 0.25) is 0 Å². The lowest BCUT2D eigenvalue weighted by Gasteiger charge is -2.08. The molecular weight excluding hydrogens is 293 g/mol. The summed E-state index contributed by atoms with van der Waals surface area (Å²) >= 11 is 11.6. The van der Waals surface area contributed by atoms with Crippen molar-refractivity contribution < 1.29 is 14.8 Å². The summed E-state index contributed by atoms with van der Waals surface area (Å²) in [6.45, 7) is 0. The van der Waals surface area contributed by atoms with Crippen LogP contribution < -0.4 is 4.74 Å². The van der Waals surface area contributed by atoms with Gasteiger partial charge in [-0.05, 0) is 18.2 Å². The van der Waals surface area contributed by atoms with E-state index in [1.54, 1.807) is 0 Å². The minimum absolute atomic E-state index is 0.0441. The Balaban J connectivity index is 2.26. The van der Waals surface area contributed by atoms with Crippen LogP contribution in [0, 0.1) is 10.1 Å². The maximum Gasteiger partial charge on any atom is 0.269 e. The molecule has 19 heavy (non-hydrogen) atoms.